The molecule has 0 aliphatic rings. The third-order valence-electron chi connectivity index (χ3n) is 1.38. The molecule has 0 aromatic rings. The van der Waals surface area contributed by atoms with E-state index in [0.717, 1.165) is 0 Å². The topological polar surface area (TPSA) is 23.5 Å². The Bertz CT molecular complexity index is 100. The van der Waals surface area contributed by atoms with Gasteiger partial charge in [-0.25, -0.2) is 8.78 Å². The predicted molar refractivity (Wildman–Crippen MR) is 39.8 cm³/mol. The van der Waals surface area contributed by atoms with Gasteiger partial charge in [0.1, 0.15) is 0 Å². The average molecular weight is 167 g/mol. The highest BCUT2D eigenvalue weighted by molar-refractivity contribution is 4.58. The minimum atomic E-state index is -2.29. The molecule has 1 unspecified atom stereocenters. The van der Waals surface area contributed by atoms with Crippen LogP contribution < -0.4 is 0 Å². The summed E-state index contributed by atoms with van der Waals surface area (Å²) < 4.78 is 23.5. The van der Waals surface area contributed by atoms with Crippen LogP contribution in [0.3, 0.4) is 0 Å². The van der Waals surface area contributed by atoms with Crippen molar-refractivity contribution in [3.63, 3.8) is 0 Å². The Morgan fingerprint density at radius 1 is 1.36 bits per heavy atom. The van der Waals surface area contributed by atoms with Gasteiger partial charge in [0.05, 0.1) is 6.54 Å². The summed E-state index contributed by atoms with van der Waals surface area (Å²) in [6.45, 7) is 2.17. The van der Waals surface area contributed by atoms with E-state index >= 15 is 0 Å². The molecule has 0 spiro atoms. The zero-order valence-electron chi connectivity index (χ0n) is 6.93. The van der Waals surface area contributed by atoms with Gasteiger partial charge in [-0.05, 0) is 13.0 Å². The minimum Gasteiger partial charge on any atom is -0.396 e. The van der Waals surface area contributed by atoms with E-state index in [1.54, 1.807) is 7.05 Å². The Morgan fingerprint density at radius 3 is 2.27 bits per heavy atom. The summed E-state index contributed by atoms with van der Waals surface area (Å²) in [5, 5.41) is 8.60. The first-order valence-electron chi connectivity index (χ1n) is 3.63. The van der Waals surface area contributed by atoms with Crippen LogP contribution in [0.15, 0.2) is 0 Å². The molecule has 4 heteroatoms. The number of alkyl halides is 2. The fraction of sp³-hybridized carbons (Fsp3) is 1.00. The summed E-state index contributed by atoms with van der Waals surface area (Å²) in [5.74, 6) is 0.0683. The Hall–Kier alpha value is -0.220. The quantitative estimate of drug-likeness (QED) is 0.655. The molecule has 0 heterocycles. The molecule has 0 amide bonds. The molecule has 0 aromatic heterocycles. The van der Waals surface area contributed by atoms with Crippen molar-refractivity contribution in [2.45, 2.75) is 13.3 Å². The summed E-state index contributed by atoms with van der Waals surface area (Å²) in [5.41, 5.74) is 0. The van der Waals surface area contributed by atoms with Crippen LogP contribution in [-0.4, -0.2) is 43.2 Å². The van der Waals surface area contributed by atoms with Gasteiger partial charge in [-0.1, -0.05) is 6.92 Å². The van der Waals surface area contributed by atoms with Crippen molar-refractivity contribution in [1.29, 1.82) is 0 Å². The second kappa shape index (κ2) is 5.43. The average Bonchev–Trinajstić information content (AvgIpc) is 1.85. The van der Waals surface area contributed by atoms with Crippen LogP contribution >= 0.6 is 0 Å². The van der Waals surface area contributed by atoms with Crippen LogP contribution in [-0.2, 0) is 0 Å². The van der Waals surface area contributed by atoms with Gasteiger partial charge in [-0.3, -0.25) is 0 Å². The van der Waals surface area contributed by atoms with Crippen molar-refractivity contribution in [1.82, 2.24) is 4.90 Å². The van der Waals surface area contributed by atoms with E-state index in [1.165, 1.54) is 4.90 Å². The predicted octanol–water partition coefficient (Wildman–Crippen LogP) is 0.812. The summed E-state index contributed by atoms with van der Waals surface area (Å²) in [4.78, 5) is 1.52. The van der Waals surface area contributed by atoms with Crippen molar-refractivity contribution < 1.29 is 13.9 Å². The lowest BCUT2D eigenvalue weighted by atomic mass is 10.2. The van der Waals surface area contributed by atoms with Gasteiger partial charge in [0, 0.05) is 13.2 Å². The molecule has 0 saturated carbocycles. The number of halogens is 2. The largest absolute Gasteiger partial charge is 0.396 e. The van der Waals surface area contributed by atoms with Gasteiger partial charge in [0.2, 0.25) is 0 Å². The molecular formula is C7H15F2NO. The van der Waals surface area contributed by atoms with Gasteiger partial charge >= 0.3 is 0 Å². The maximum atomic E-state index is 11.7. The Kier molecular flexibility index (Phi) is 5.32. The Labute approximate surface area is 65.8 Å². The van der Waals surface area contributed by atoms with E-state index in [1.807, 2.05) is 6.92 Å². The SMILES string of the molecule is CC(CO)CN(C)CC(F)F. The fourth-order valence-electron chi connectivity index (χ4n) is 0.900. The highest BCUT2D eigenvalue weighted by Gasteiger charge is 2.09. The zero-order valence-corrected chi connectivity index (χ0v) is 6.93. The molecule has 68 valence electrons. The van der Waals surface area contributed by atoms with Crippen LogP contribution in [0.4, 0.5) is 8.78 Å². The zero-order chi connectivity index (χ0) is 8.85. The molecule has 2 nitrogen and oxygen atoms in total. The number of hydrogen-bond acceptors (Lipinski definition) is 2. The van der Waals surface area contributed by atoms with E-state index in [2.05, 4.69) is 0 Å². The second-order valence-corrected chi connectivity index (χ2v) is 2.90. The lowest BCUT2D eigenvalue weighted by molar-refractivity contribution is 0.0875. The number of hydrogen-bond donors (Lipinski definition) is 1. The number of nitrogens with zero attached hydrogens (tertiary/aromatic N) is 1. The van der Waals surface area contributed by atoms with Crippen LogP contribution in [0.2, 0.25) is 0 Å². The minimum absolute atomic E-state index is 0.0492. The van der Waals surface area contributed by atoms with E-state index in [0.29, 0.717) is 6.54 Å². The highest BCUT2D eigenvalue weighted by atomic mass is 19.3. The molecule has 0 bridgehead atoms. The summed E-state index contributed by atoms with van der Waals surface area (Å²) in [6.07, 6.45) is -2.29. The lowest BCUT2D eigenvalue weighted by Crippen LogP contribution is -2.30. The van der Waals surface area contributed by atoms with Gasteiger partial charge < -0.3 is 10.0 Å². The first-order valence-corrected chi connectivity index (χ1v) is 3.63. The van der Waals surface area contributed by atoms with Crippen molar-refractivity contribution in [3.05, 3.63) is 0 Å². The van der Waals surface area contributed by atoms with E-state index in [4.69, 9.17) is 5.11 Å². The standard InChI is InChI=1S/C7H15F2NO/c1-6(5-11)3-10(2)4-7(8)9/h6-7,11H,3-5H2,1-2H3. The van der Waals surface area contributed by atoms with E-state index in [9.17, 15) is 8.78 Å². The normalized spacial score (nSPS) is 14.5. The molecule has 0 aromatic carbocycles. The van der Waals surface area contributed by atoms with Crippen LogP contribution in [0.5, 0.6) is 0 Å². The fourth-order valence-corrected chi connectivity index (χ4v) is 0.900. The summed E-state index contributed by atoms with van der Waals surface area (Å²) in [7, 11) is 1.62. The number of aliphatic hydroxyl groups is 1. The van der Waals surface area contributed by atoms with Crippen LogP contribution in [0.1, 0.15) is 6.92 Å². The van der Waals surface area contributed by atoms with Crippen LogP contribution in [0.25, 0.3) is 0 Å². The third-order valence-corrected chi connectivity index (χ3v) is 1.38. The molecule has 0 saturated heterocycles. The highest BCUT2D eigenvalue weighted by Crippen LogP contribution is 2.00. The molecule has 11 heavy (non-hydrogen) atoms. The van der Waals surface area contributed by atoms with Crippen molar-refractivity contribution >= 4 is 0 Å². The van der Waals surface area contributed by atoms with Gasteiger partial charge in [0.25, 0.3) is 6.43 Å². The van der Waals surface area contributed by atoms with E-state index < -0.39 is 6.43 Å². The molecule has 0 aliphatic heterocycles. The molecule has 0 aliphatic carbocycles. The van der Waals surface area contributed by atoms with Gasteiger partial charge in [0.15, 0.2) is 0 Å². The maximum absolute atomic E-state index is 11.7. The monoisotopic (exact) mass is 167 g/mol. The second-order valence-electron chi connectivity index (χ2n) is 2.90. The molecule has 0 rings (SSSR count). The summed E-state index contributed by atoms with van der Waals surface area (Å²) >= 11 is 0. The lowest BCUT2D eigenvalue weighted by Gasteiger charge is -2.18. The molecule has 1 N–H and O–H groups in total. The maximum Gasteiger partial charge on any atom is 0.251 e. The first-order chi connectivity index (χ1) is 5.06. The molecule has 1 atom stereocenters. The van der Waals surface area contributed by atoms with Crippen molar-refractivity contribution in [3.8, 4) is 0 Å². The number of aliphatic hydroxyl groups excluding tert-OH is 1. The van der Waals surface area contributed by atoms with Crippen LogP contribution in [0, 0.1) is 5.92 Å². The van der Waals surface area contributed by atoms with Crippen molar-refractivity contribution in [2.24, 2.45) is 5.92 Å². The van der Waals surface area contributed by atoms with Gasteiger partial charge in [-0.2, -0.15) is 0 Å². The molecule has 0 fully saturated rings. The van der Waals surface area contributed by atoms with Crippen molar-refractivity contribution in [2.75, 3.05) is 26.7 Å². The summed E-state index contributed by atoms with van der Waals surface area (Å²) in [6, 6.07) is 0. The Morgan fingerprint density at radius 2 is 1.91 bits per heavy atom. The third kappa shape index (κ3) is 6.19. The smallest absolute Gasteiger partial charge is 0.251 e. The van der Waals surface area contributed by atoms with Gasteiger partial charge in [-0.15, -0.1) is 0 Å². The molecule has 0 radical (unpaired) electrons. The van der Waals surface area contributed by atoms with E-state index in [-0.39, 0.29) is 19.1 Å². The Balaban J connectivity index is 3.43. The molecular weight excluding hydrogens is 152 g/mol. The first kappa shape index (κ1) is 10.8. The number of rotatable bonds is 5.